The SMILES string of the molecule is COCO[C@H]1CC[C@H]2[C@@H]3[C@H](C#N)CC4=CC5(CC[C@]4(C)[C@H]3CC[C@]12C)SCCS5. The second-order valence-electron chi connectivity index (χ2n) is 10.5. The van der Waals surface area contributed by atoms with Crippen LogP contribution in [0.4, 0.5) is 0 Å². The van der Waals surface area contributed by atoms with Gasteiger partial charge >= 0.3 is 0 Å². The van der Waals surface area contributed by atoms with Crippen molar-refractivity contribution >= 4 is 23.5 Å². The van der Waals surface area contributed by atoms with Crippen LogP contribution in [0.25, 0.3) is 0 Å². The molecule has 5 heteroatoms. The topological polar surface area (TPSA) is 42.2 Å². The lowest BCUT2D eigenvalue weighted by Crippen LogP contribution is -2.54. The molecule has 29 heavy (non-hydrogen) atoms. The van der Waals surface area contributed by atoms with E-state index in [0.717, 1.165) is 12.8 Å². The summed E-state index contributed by atoms with van der Waals surface area (Å²) in [6.45, 7) is 5.40. The first-order valence-corrected chi connectivity index (χ1v) is 13.4. The summed E-state index contributed by atoms with van der Waals surface area (Å²) in [7, 11) is 1.71. The van der Waals surface area contributed by atoms with Crippen molar-refractivity contribution in [3.05, 3.63) is 11.6 Å². The van der Waals surface area contributed by atoms with Crippen LogP contribution in [0.15, 0.2) is 11.6 Å². The van der Waals surface area contributed by atoms with E-state index in [0.29, 0.717) is 40.1 Å². The third-order valence-electron chi connectivity index (χ3n) is 9.42. The molecule has 5 aliphatic rings. The van der Waals surface area contributed by atoms with E-state index in [2.05, 4.69) is 49.5 Å². The molecule has 0 bridgehead atoms. The average molecular weight is 434 g/mol. The van der Waals surface area contributed by atoms with Crippen LogP contribution < -0.4 is 0 Å². The number of ether oxygens (including phenoxy) is 2. The van der Waals surface area contributed by atoms with Crippen LogP contribution in [0.5, 0.6) is 0 Å². The molecule has 7 atom stereocenters. The van der Waals surface area contributed by atoms with Gasteiger partial charge in [-0.25, -0.2) is 0 Å². The fraction of sp³-hybridized carbons (Fsp3) is 0.875. The van der Waals surface area contributed by atoms with Crippen molar-refractivity contribution in [2.75, 3.05) is 25.4 Å². The normalized spacial score (nSPS) is 47.8. The molecule has 0 amide bonds. The first-order valence-electron chi connectivity index (χ1n) is 11.5. The first-order chi connectivity index (χ1) is 14.0. The van der Waals surface area contributed by atoms with Crippen LogP contribution in [-0.4, -0.2) is 35.6 Å². The number of allylic oxidation sites excluding steroid dienone is 1. The van der Waals surface area contributed by atoms with Crippen molar-refractivity contribution in [1.29, 1.82) is 5.26 Å². The lowest BCUT2D eigenvalue weighted by atomic mass is 9.45. The quantitative estimate of drug-likeness (QED) is 0.412. The maximum atomic E-state index is 10.2. The second-order valence-corrected chi connectivity index (χ2v) is 13.6. The number of nitriles is 1. The van der Waals surface area contributed by atoms with Crippen molar-refractivity contribution in [2.45, 2.75) is 69.0 Å². The van der Waals surface area contributed by atoms with Crippen LogP contribution in [-0.2, 0) is 9.47 Å². The zero-order chi connectivity index (χ0) is 20.3. The Balaban J connectivity index is 1.47. The Kier molecular flexibility index (Phi) is 5.34. The molecule has 4 aliphatic carbocycles. The van der Waals surface area contributed by atoms with E-state index < -0.39 is 0 Å². The minimum atomic E-state index is 0.177. The zero-order valence-electron chi connectivity index (χ0n) is 18.1. The number of rotatable bonds is 3. The van der Waals surface area contributed by atoms with Gasteiger partial charge in [-0.3, -0.25) is 0 Å². The van der Waals surface area contributed by atoms with Crippen LogP contribution in [0.2, 0.25) is 0 Å². The Morgan fingerprint density at radius 3 is 2.62 bits per heavy atom. The van der Waals surface area contributed by atoms with Crippen molar-refractivity contribution in [3.63, 3.8) is 0 Å². The molecule has 0 aromatic rings. The fourth-order valence-corrected chi connectivity index (χ4v) is 11.0. The molecule has 1 heterocycles. The van der Waals surface area contributed by atoms with Crippen LogP contribution >= 0.6 is 23.5 Å². The summed E-state index contributed by atoms with van der Waals surface area (Å²) >= 11 is 4.31. The maximum absolute atomic E-state index is 10.2. The third kappa shape index (κ3) is 3.07. The molecule has 4 fully saturated rings. The van der Waals surface area contributed by atoms with Gasteiger partial charge in [0.1, 0.15) is 6.79 Å². The largest absolute Gasteiger partial charge is 0.359 e. The lowest BCUT2D eigenvalue weighted by molar-refractivity contribution is -0.141. The molecule has 0 radical (unpaired) electrons. The highest BCUT2D eigenvalue weighted by Crippen LogP contribution is 2.69. The van der Waals surface area contributed by atoms with Gasteiger partial charge in [0.2, 0.25) is 0 Å². The molecule has 0 unspecified atom stereocenters. The zero-order valence-corrected chi connectivity index (χ0v) is 19.7. The highest BCUT2D eigenvalue weighted by molar-refractivity contribution is 8.21. The van der Waals surface area contributed by atoms with Crippen molar-refractivity contribution in [2.24, 2.45) is 34.5 Å². The molecule has 160 valence electrons. The van der Waals surface area contributed by atoms with Gasteiger partial charge in [-0.05, 0) is 73.5 Å². The minimum absolute atomic E-state index is 0.177. The Bertz CT molecular complexity index is 727. The van der Waals surface area contributed by atoms with E-state index in [1.165, 1.54) is 43.6 Å². The first kappa shape index (κ1) is 20.7. The molecule has 1 aliphatic heterocycles. The summed E-state index contributed by atoms with van der Waals surface area (Å²) in [6.07, 6.45) is 11.4. The Morgan fingerprint density at radius 2 is 1.90 bits per heavy atom. The number of fused-ring (bicyclic) bond motifs is 5. The van der Waals surface area contributed by atoms with Crippen molar-refractivity contribution < 1.29 is 9.47 Å². The molecule has 3 nitrogen and oxygen atoms in total. The minimum Gasteiger partial charge on any atom is -0.359 e. The number of hydrogen-bond acceptors (Lipinski definition) is 5. The molecule has 0 aromatic carbocycles. The van der Waals surface area contributed by atoms with Gasteiger partial charge in [-0.2, -0.15) is 5.26 Å². The van der Waals surface area contributed by atoms with E-state index >= 15 is 0 Å². The van der Waals surface area contributed by atoms with E-state index in [1.807, 2.05) is 0 Å². The van der Waals surface area contributed by atoms with Gasteiger partial charge in [-0.1, -0.05) is 25.5 Å². The Hall–Kier alpha value is -0.150. The number of methoxy groups -OCH3 is 1. The summed E-state index contributed by atoms with van der Waals surface area (Å²) in [5.41, 5.74) is 2.14. The van der Waals surface area contributed by atoms with E-state index in [9.17, 15) is 5.26 Å². The average Bonchev–Trinajstić information content (AvgIpc) is 3.31. The second kappa shape index (κ2) is 7.47. The van der Waals surface area contributed by atoms with Crippen molar-refractivity contribution in [1.82, 2.24) is 0 Å². The summed E-state index contributed by atoms with van der Waals surface area (Å²) in [5, 5.41) is 10.2. The van der Waals surface area contributed by atoms with E-state index in [4.69, 9.17) is 9.47 Å². The molecular formula is C24H35NO2S2. The molecule has 3 saturated carbocycles. The van der Waals surface area contributed by atoms with Gasteiger partial charge in [0.25, 0.3) is 0 Å². The molecule has 0 aromatic heterocycles. The summed E-state index contributed by atoms with van der Waals surface area (Å²) in [6, 6.07) is 2.80. The standard InChI is InChI=1S/C24H35NO2S2/c1-22-8-9-24(28-10-11-29-24)13-17(22)12-16(14-25)21-18-4-5-20(27-15-26-3)23(18,2)7-6-19(21)22/h13,16,18-21H,4-12,15H2,1-3H3/t16-,18-,19-,20-,21-,22-,23-/m0/s1. The summed E-state index contributed by atoms with van der Waals surface area (Å²) < 4.78 is 11.7. The van der Waals surface area contributed by atoms with Gasteiger partial charge in [0, 0.05) is 18.6 Å². The lowest BCUT2D eigenvalue weighted by Gasteiger charge is -2.60. The third-order valence-corrected chi connectivity index (χ3v) is 12.8. The van der Waals surface area contributed by atoms with Gasteiger partial charge in [-0.15, -0.1) is 23.5 Å². The molecule has 0 N–H and O–H groups in total. The molecule has 1 spiro atoms. The van der Waals surface area contributed by atoms with Gasteiger partial charge < -0.3 is 9.47 Å². The predicted octanol–water partition coefficient (Wildman–Crippen LogP) is 5.86. The van der Waals surface area contributed by atoms with Crippen molar-refractivity contribution in [3.8, 4) is 6.07 Å². The highest BCUT2D eigenvalue weighted by atomic mass is 32.2. The fourth-order valence-electron chi connectivity index (χ4n) is 7.89. The predicted molar refractivity (Wildman–Crippen MR) is 121 cm³/mol. The highest BCUT2D eigenvalue weighted by Gasteiger charge is 2.62. The van der Waals surface area contributed by atoms with Gasteiger partial charge in [0.15, 0.2) is 0 Å². The number of thioether (sulfide) groups is 2. The Labute approximate surface area is 184 Å². The Morgan fingerprint density at radius 1 is 1.10 bits per heavy atom. The maximum Gasteiger partial charge on any atom is 0.146 e. The molecule has 1 saturated heterocycles. The van der Waals surface area contributed by atoms with E-state index in [-0.39, 0.29) is 11.3 Å². The number of nitrogens with zero attached hydrogens (tertiary/aromatic N) is 1. The van der Waals surface area contributed by atoms with Crippen LogP contribution in [0, 0.1) is 45.8 Å². The van der Waals surface area contributed by atoms with Gasteiger partial charge in [0.05, 0.1) is 22.2 Å². The van der Waals surface area contributed by atoms with Crippen LogP contribution in [0.3, 0.4) is 0 Å². The monoisotopic (exact) mass is 433 g/mol. The van der Waals surface area contributed by atoms with Crippen LogP contribution in [0.1, 0.15) is 58.8 Å². The van der Waals surface area contributed by atoms with E-state index in [1.54, 1.807) is 12.7 Å². The number of hydrogen-bond donors (Lipinski definition) is 0. The summed E-state index contributed by atoms with van der Waals surface area (Å²) in [4.78, 5) is 0. The smallest absolute Gasteiger partial charge is 0.146 e. The molecule has 5 rings (SSSR count). The summed E-state index contributed by atoms with van der Waals surface area (Å²) in [5.74, 6) is 4.56. The molecular weight excluding hydrogens is 398 g/mol.